The molecule has 1 rings (SSSR count). The van der Waals surface area contributed by atoms with Crippen molar-refractivity contribution in [2.45, 2.75) is 6.82 Å². The van der Waals surface area contributed by atoms with Crippen LogP contribution in [0.1, 0.15) is 10.4 Å². The lowest BCUT2D eigenvalue weighted by atomic mass is 9.71. The summed E-state index contributed by atoms with van der Waals surface area (Å²) in [6, 6.07) is 4.66. The number of hydrogen-bond acceptors (Lipinski definition) is 1. The van der Waals surface area contributed by atoms with Gasteiger partial charge in [-0.15, -0.1) is 0 Å². The number of rotatable bonds is 2. The van der Waals surface area contributed by atoms with E-state index in [2.05, 4.69) is 0 Å². The first-order valence-corrected chi connectivity index (χ1v) is 3.52. The number of halogens is 1. The minimum atomic E-state index is -0.431. The van der Waals surface area contributed by atoms with Crippen molar-refractivity contribution in [3.63, 3.8) is 0 Å². The summed E-state index contributed by atoms with van der Waals surface area (Å²) in [5.41, 5.74) is 0.954. The van der Waals surface area contributed by atoms with Crippen LogP contribution in [0.4, 0.5) is 4.39 Å². The molecule has 0 radical (unpaired) electrons. The third kappa shape index (κ3) is 1.48. The van der Waals surface area contributed by atoms with E-state index >= 15 is 0 Å². The highest BCUT2D eigenvalue weighted by Crippen LogP contribution is 1.99. The molecule has 1 aromatic carbocycles. The van der Waals surface area contributed by atoms with Gasteiger partial charge in [0.1, 0.15) is 5.82 Å². The Morgan fingerprint density at radius 3 is 2.73 bits per heavy atom. The molecule has 0 aromatic heterocycles. The van der Waals surface area contributed by atoms with Gasteiger partial charge >= 0.3 is 0 Å². The number of carbonyl (C=O) groups is 1. The van der Waals surface area contributed by atoms with Gasteiger partial charge in [0.2, 0.25) is 0 Å². The average Bonchev–Trinajstić information content (AvgIpc) is 2.04. The Kier molecular flexibility index (Phi) is 2.42. The van der Waals surface area contributed by atoms with Crippen LogP contribution in [0.2, 0.25) is 6.82 Å². The fraction of sp³-hybridized carbons (Fsp3) is 0.125. The highest BCUT2D eigenvalue weighted by atomic mass is 19.1. The number of aldehydes is 1. The Labute approximate surface area is 65.5 Å². The van der Waals surface area contributed by atoms with Crippen molar-refractivity contribution in [1.29, 1.82) is 0 Å². The summed E-state index contributed by atoms with van der Waals surface area (Å²) in [5, 5.41) is 0. The molecule has 0 spiro atoms. The van der Waals surface area contributed by atoms with E-state index in [-0.39, 0.29) is 5.56 Å². The molecule has 0 saturated heterocycles. The Morgan fingerprint density at radius 1 is 1.55 bits per heavy atom. The second-order valence-electron chi connectivity index (χ2n) is 2.28. The molecule has 1 nitrogen and oxygen atoms in total. The van der Waals surface area contributed by atoms with Crippen molar-refractivity contribution in [1.82, 2.24) is 0 Å². The van der Waals surface area contributed by atoms with Crippen LogP contribution in [-0.2, 0) is 0 Å². The number of hydrogen-bond donors (Lipinski definition) is 0. The molecule has 0 amide bonds. The highest BCUT2D eigenvalue weighted by Gasteiger charge is 2.04. The van der Waals surface area contributed by atoms with Crippen LogP contribution < -0.4 is 5.46 Å². The van der Waals surface area contributed by atoms with Gasteiger partial charge in [0.15, 0.2) is 13.6 Å². The molecule has 0 heterocycles. The largest absolute Gasteiger partial charge is 0.298 e. The molecule has 0 unspecified atom stereocenters. The van der Waals surface area contributed by atoms with Gasteiger partial charge < -0.3 is 0 Å². The van der Waals surface area contributed by atoms with Crippen molar-refractivity contribution in [3.05, 3.63) is 29.6 Å². The van der Waals surface area contributed by atoms with Crippen LogP contribution in [0.25, 0.3) is 0 Å². The first-order valence-electron chi connectivity index (χ1n) is 3.52. The quantitative estimate of drug-likeness (QED) is 0.449. The molecule has 3 heteroatoms. The lowest BCUT2D eigenvalue weighted by Gasteiger charge is -1.99. The second kappa shape index (κ2) is 3.33. The summed E-state index contributed by atoms with van der Waals surface area (Å²) in [6.07, 6.45) is 0.564. The molecule has 0 bridgehead atoms. The van der Waals surface area contributed by atoms with Gasteiger partial charge in [0, 0.05) is 5.56 Å². The maximum atomic E-state index is 12.8. The van der Waals surface area contributed by atoms with E-state index in [9.17, 15) is 9.18 Å². The van der Waals surface area contributed by atoms with Crippen molar-refractivity contribution in [2.75, 3.05) is 0 Å². The van der Waals surface area contributed by atoms with Gasteiger partial charge in [-0.1, -0.05) is 24.4 Å². The van der Waals surface area contributed by atoms with Crippen molar-refractivity contribution < 1.29 is 9.18 Å². The molecule has 1 aromatic rings. The molecule has 0 N–H and O–H groups in total. The Morgan fingerprint density at radius 2 is 2.27 bits per heavy atom. The Balaban J connectivity index is 3.24. The topological polar surface area (TPSA) is 17.1 Å². The first kappa shape index (κ1) is 7.99. The molecular formula is C8H8BFO. The molecule has 11 heavy (non-hydrogen) atoms. The van der Waals surface area contributed by atoms with Gasteiger partial charge in [-0.3, -0.25) is 4.79 Å². The molecule has 0 fully saturated rings. The fourth-order valence-electron chi connectivity index (χ4n) is 1.02. The smallest absolute Gasteiger partial charge is 0.155 e. The van der Waals surface area contributed by atoms with Crippen LogP contribution in [0.3, 0.4) is 0 Å². The van der Waals surface area contributed by atoms with Crippen molar-refractivity contribution in [3.8, 4) is 0 Å². The summed E-state index contributed by atoms with van der Waals surface area (Å²) in [5.74, 6) is -0.431. The van der Waals surface area contributed by atoms with E-state index in [1.165, 1.54) is 6.07 Å². The van der Waals surface area contributed by atoms with Crippen molar-refractivity contribution in [2.24, 2.45) is 0 Å². The Hall–Kier alpha value is -1.12. The van der Waals surface area contributed by atoms with Gasteiger partial charge in [-0.25, -0.2) is 4.39 Å². The standard InChI is InChI=1S/C8H8BFO/c1-9-7-3-2-4-8(10)6(7)5-11/h2-5,9H,1H3. The van der Waals surface area contributed by atoms with Gasteiger partial charge in [-0.05, 0) is 6.07 Å². The van der Waals surface area contributed by atoms with Crippen LogP contribution >= 0.6 is 0 Å². The van der Waals surface area contributed by atoms with Gasteiger partial charge in [0.05, 0.1) is 0 Å². The maximum absolute atomic E-state index is 12.8. The van der Waals surface area contributed by atoms with E-state index in [1.54, 1.807) is 12.1 Å². The van der Waals surface area contributed by atoms with Crippen LogP contribution in [0.5, 0.6) is 0 Å². The van der Waals surface area contributed by atoms with Crippen LogP contribution in [-0.4, -0.2) is 13.6 Å². The number of carbonyl (C=O) groups excluding carboxylic acids is 1. The summed E-state index contributed by atoms with van der Waals surface area (Å²) in [7, 11) is 0.686. The fourth-order valence-corrected chi connectivity index (χ4v) is 1.02. The van der Waals surface area contributed by atoms with Gasteiger partial charge in [-0.2, -0.15) is 0 Å². The molecular weight excluding hydrogens is 142 g/mol. The molecule has 56 valence electrons. The monoisotopic (exact) mass is 150 g/mol. The third-order valence-corrected chi connectivity index (χ3v) is 1.64. The average molecular weight is 150 g/mol. The predicted octanol–water partition coefficient (Wildman–Crippen LogP) is 0.748. The summed E-state index contributed by atoms with van der Waals surface area (Å²) < 4.78 is 12.8. The third-order valence-electron chi connectivity index (χ3n) is 1.64. The molecule has 0 aliphatic rings. The normalized spacial score (nSPS) is 9.27. The van der Waals surface area contributed by atoms with E-state index < -0.39 is 5.82 Å². The molecule has 0 atom stereocenters. The minimum absolute atomic E-state index is 0.190. The molecule has 0 aliphatic carbocycles. The van der Waals surface area contributed by atoms with E-state index in [4.69, 9.17) is 0 Å². The second-order valence-corrected chi connectivity index (χ2v) is 2.28. The lowest BCUT2D eigenvalue weighted by Crippen LogP contribution is -2.17. The summed E-state index contributed by atoms with van der Waals surface area (Å²) >= 11 is 0. The van der Waals surface area contributed by atoms with Gasteiger partial charge in [0.25, 0.3) is 0 Å². The zero-order valence-electron chi connectivity index (χ0n) is 6.30. The van der Waals surface area contributed by atoms with E-state index in [0.717, 1.165) is 5.46 Å². The summed E-state index contributed by atoms with van der Waals surface area (Å²) in [6.45, 7) is 1.89. The SMILES string of the molecule is CBc1cccc(F)c1C=O. The van der Waals surface area contributed by atoms with E-state index in [0.29, 0.717) is 13.6 Å². The number of benzene rings is 1. The summed E-state index contributed by atoms with van der Waals surface area (Å²) in [4.78, 5) is 10.4. The maximum Gasteiger partial charge on any atom is 0.155 e. The van der Waals surface area contributed by atoms with E-state index in [1.807, 2.05) is 6.82 Å². The van der Waals surface area contributed by atoms with Crippen LogP contribution in [0, 0.1) is 5.82 Å². The van der Waals surface area contributed by atoms with Crippen LogP contribution in [0.15, 0.2) is 18.2 Å². The highest BCUT2D eigenvalue weighted by molar-refractivity contribution is 6.53. The molecule has 0 saturated carbocycles. The first-order chi connectivity index (χ1) is 5.29. The lowest BCUT2D eigenvalue weighted by molar-refractivity contribution is 0.112. The zero-order chi connectivity index (χ0) is 8.27. The molecule has 0 aliphatic heterocycles. The zero-order valence-corrected chi connectivity index (χ0v) is 6.30. The van der Waals surface area contributed by atoms with Crippen molar-refractivity contribution >= 4 is 19.0 Å². The Bertz CT molecular complexity index is 273. The predicted molar refractivity (Wildman–Crippen MR) is 44.4 cm³/mol. The minimum Gasteiger partial charge on any atom is -0.298 e.